The maximum atomic E-state index is 11.1. The van der Waals surface area contributed by atoms with E-state index in [0.717, 1.165) is 50.4 Å². The first-order chi connectivity index (χ1) is 9.11. The van der Waals surface area contributed by atoms with Crippen LogP contribution >= 0.6 is 11.6 Å². The summed E-state index contributed by atoms with van der Waals surface area (Å²) < 4.78 is 0. The Morgan fingerprint density at radius 3 is 2.63 bits per heavy atom. The molecular formula is C15H21ClN2O. The monoisotopic (exact) mass is 280 g/mol. The highest BCUT2D eigenvalue weighted by molar-refractivity contribution is 6.33. The summed E-state index contributed by atoms with van der Waals surface area (Å²) in [6, 6.07) is 5.52. The normalized spacial score (nSPS) is 16.9. The number of carbonyl (C=O) groups excluding carboxylic acids is 1. The fourth-order valence-corrected chi connectivity index (χ4v) is 3.12. The fraction of sp³-hybridized carbons (Fsp3) is 0.533. The number of hydrogen-bond donors (Lipinski definition) is 0. The highest BCUT2D eigenvalue weighted by Gasteiger charge is 2.22. The molecule has 0 spiro atoms. The van der Waals surface area contributed by atoms with Gasteiger partial charge < -0.3 is 9.80 Å². The zero-order valence-electron chi connectivity index (χ0n) is 11.6. The predicted molar refractivity (Wildman–Crippen MR) is 80.3 cm³/mol. The number of halogens is 1. The second-order valence-corrected chi connectivity index (χ2v) is 5.90. The maximum absolute atomic E-state index is 11.1. The smallest absolute Gasteiger partial charge is 0.152 e. The van der Waals surface area contributed by atoms with Crippen LogP contribution in [0, 0.1) is 5.92 Å². The lowest BCUT2D eigenvalue weighted by atomic mass is 9.95. The molecule has 0 bridgehead atoms. The van der Waals surface area contributed by atoms with Crippen molar-refractivity contribution >= 4 is 23.6 Å². The number of aldehydes is 1. The molecule has 1 aliphatic heterocycles. The molecule has 1 saturated heterocycles. The van der Waals surface area contributed by atoms with Crippen molar-refractivity contribution in [1.82, 2.24) is 4.90 Å². The van der Waals surface area contributed by atoms with Crippen molar-refractivity contribution in [3.63, 3.8) is 0 Å². The summed E-state index contributed by atoms with van der Waals surface area (Å²) in [6.07, 6.45) is 3.20. The number of nitrogens with zero attached hydrogens (tertiary/aromatic N) is 2. The van der Waals surface area contributed by atoms with Crippen molar-refractivity contribution in [2.45, 2.75) is 12.8 Å². The minimum atomic E-state index is 0.677. The first-order valence-electron chi connectivity index (χ1n) is 6.75. The largest absolute Gasteiger partial charge is 0.370 e. The molecule has 19 heavy (non-hydrogen) atoms. The van der Waals surface area contributed by atoms with Gasteiger partial charge in [-0.25, -0.2) is 0 Å². The minimum absolute atomic E-state index is 0.677. The summed E-state index contributed by atoms with van der Waals surface area (Å²) in [6.45, 7) is 3.09. The number of hydrogen-bond acceptors (Lipinski definition) is 3. The van der Waals surface area contributed by atoms with Crippen LogP contribution in [0.25, 0.3) is 0 Å². The Kier molecular flexibility index (Phi) is 4.83. The molecule has 0 atom stereocenters. The van der Waals surface area contributed by atoms with Gasteiger partial charge in [0.2, 0.25) is 0 Å². The lowest BCUT2D eigenvalue weighted by molar-refractivity contribution is 0.112. The summed E-state index contributed by atoms with van der Waals surface area (Å²) in [5.74, 6) is 0.744. The van der Waals surface area contributed by atoms with E-state index in [4.69, 9.17) is 11.6 Å². The van der Waals surface area contributed by atoms with E-state index in [1.165, 1.54) is 0 Å². The second-order valence-electron chi connectivity index (χ2n) is 5.49. The Labute approximate surface area is 120 Å². The number of benzene rings is 1. The Balaban J connectivity index is 2.07. The van der Waals surface area contributed by atoms with Gasteiger partial charge in [0.1, 0.15) is 0 Å². The van der Waals surface area contributed by atoms with E-state index in [1.807, 2.05) is 18.2 Å². The van der Waals surface area contributed by atoms with Crippen molar-refractivity contribution in [2.24, 2.45) is 5.92 Å². The third-order valence-corrected chi connectivity index (χ3v) is 4.00. The van der Waals surface area contributed by atoms with Gasteiger partial charge >= 0.3 is 0 Å². The molecule has 0 N–H and O–H groups in total. The quantitative estimate of drug-likeness (QED) is 0.793. The molecule has 0 aliphatic carbocycles. The van der Waals surface area contributed by atoms with Gasteiger partial charge in [-0.15, -0.1) is 0 Å². The molecule has 1 aromatic carbocycles. The zero-order chi connectivity index (χ0) is 13.8. The first-order valence-corrected chi connectivity index (χ1v) is 7.13. The lowest BCUT2D eigenvalue weighted by Crippen LogP contribution is -2.37. The molecule has 3 nitrogen and oxygen atoms in total. The third-order valence-electron chi connectivity index (χ3n) is 3.70. The number of anilines is 1. The van der Waals surface area contributed by atoms with E-state index in [-0.39, 0.29) is 0 Å². The van der Waals surface area contributed by atoms with Crippen molar-refractivity contribution in [1.29, 1.82) is 0 Å². The molecule has 0 amide bonds. The van der Waals surface area contributed by atoms with E-state index < -0.39 is 0 Å². The number of carbonyl (C=O) groups is 1. The Morgan fingerprint density at radius 2 is 2.05 bits per heavy atom. The van der Waals surface area contributed by atoms with Gasteiger partial charge in [0, 0.05) is 25.2 Å². The summed E-state index contributed by atoms with van der Waals surface area (Å²) in [7, 11) is 4.23. The van der Waals surface area contributed by atoms with Crippen LogP contribution < -0.4 is 4.90 Å². The number of para-hydroxylation sites is 1. The molecular weight excluding hydrogens is 260 g/mol. The summed E-state index contributed by atoms with van der Waals surface area (Å²) >= 11 is 6.25. The highest BCUT2D eigenvalue weighted by Crippen LogP contribution is 2.32. The third kappa shape index (κ3) is 3.48. The number of rotatable bonds is 4. The standard InChI is InChI=1S/C15H21ClN2O/c1-17(2)10-12-6-8-18(9-7-12)15-13(11-19)4-3-5-14(15)16/h3-5,11-12H,6-10H2,1-2H3. The molecule has 1 heterocycles. The maximum Gasteiger partial charge on any atom is 0.152 e. The van der Waals surface area contributed by atoms with Crippen LogP contribution in [-0.2, 0) is 0 Å². The molecule has 0 aromatic heterocycles. The van der Waals surface area contributed by atoms with Gasteiger partial charge in [-0.1, -0.05) is 17.7 Å². The van der Waals surface area contributed by atoms with Crippen LogP contribution in [0.4, 0.5) is 5.69 Å². The van der Waals surface area contributed by atoms with E-state index in [0.29, 0.717) is 10.6 Å². The molecule has 1 fully saturated rings. The topological polar surface area (TPSA) is 23.6 Å². The van der Waals surface area contributed by atoms with Crippen LogP contribution in [0.15, 0.2) is 18.2 Å². The van der Waals surface area contributed by atoms with Crippen LogP contribution in [0.2, 0.25) is 5.02 Å². The number of piperidine rings is 1. The SMILES string of the molecule is CN(C)CC1CCN(c2c(Cl)cccc2C=O)CC1. The van der Waals surface area contributed by atoms with Crippen molar-refractivity contribution in [3.8, 4) is 0 Å². The van der Waals surface area contributed by atoms with E-state index in [9.17, 15) is 4.79 Å². The lowest BCUT2D eigenvalue weighted by Gasteiger charge is -2.35. The van der Waals surface area contributed by atoms with Gasteiger partial charge in [-0.3, -0.25) is 4.79 Å². The van der Waals surface area contributed by atoms with E-state index in [2.05, 4.69) is 23.9 Å². The first kappa shape index (κ1) is 14.4. The Hall–Kier alpha value is -1.06. The minimum Gasteiger partial charge on any atom is -0.370 e. The van der Waals surface area contributed by atoms with E-state index in [1.54, 1.807) is 0 Å². The zero-order valence-corrected chi connectivity index (χ0v) is 12.4. The summed E-state index contributed by atoms with van der Waals surface area (Å²) in [5.41, 5.74) is 1.60. The molecule has 1 aromatic rings. The Morgan fingerprint density at radius 1 is 1.37 bits per heavy atom. The average Bonchev–Trinajstić information content (AvgIpc) is 2.39. The van der Waals surface area contributed by atoms with Gasteiger partial charge in [0.05, 0.1) is 10.7 Å². The van der Waals surface area contributed by atoms with Crippen molar-refractivity contribution in [2.75, 3.05) is 38.6 Å². The van der Waals surface area contributed by atoms with Crippen LogP contribution in [0.3, 0.4) is 0 Å². The van der Waals surface area contributed by atoms with Gasteiger partial charge in [0.25, 0.3) is 0 Å². The predicted octanol–water partition coefficient (Wildman–Crippen LogP) is 2.93. The summed E-state index contributed by atoms with van der Waals surface area (Å²) in [4.78, 5) is 15.6. The van der Waals surface area contributed by atoms with Gasteiger partial charge in [-0.05, 0) is 45.0 Å². The van der Waals surface area contributed by atoms with Gasteiger partial charge in [-0.2, -0.15) is 0 Å². The van der Waals surface area contributed by atoms with E-state index >= 15 is 0 Å². The molecule has 0 radical (unpaired) electrons. The van der Waals surface area contributed by atoms with Crippen LogP contribution in [0.5, 0.6) is 0 Å². The molecule has 0 unspecified atom stereocenters. The molecule has 0 saturated carbocycles. The van der Waals surface area contributed by atoms with Crippen molar-refractivity contribution < 1.29 is 4.79 Å². The average molecular weight is 281 g/mol. The van der Waals surface area contributed by atoms with Crippen LogP contribution in [-0.4, -0.2) is 44.9 Å². The Bertz CT molecular complexity index is 440. The molecule has 4 heteroatoms. The van der Waals surface area contributed by atoms with Crippen LogP contribution in [0.1, 0.15) is 23.2 Å². The van der Waals surface area contributed by atoms with Gasteiger partial charge in [0.15, 0.2) is 6.29 Å². The van der Waals surface area contributed by atoms with Crippen molar-refractivity contribution in [3.05, 3.63) is 28.8 Å². The molecule has 2 rings (SSSR count). The fourth-order valence-electron chi connectivity index (χ4n) is 2.82. The summed E-state index contributed by atoms with van der Waals surface area (Å²) in [5, 5.41) is 0.677. The second kappa shape index (κ2) is 6.40. The molecule has 1 aliphatic rings. The molecule has 104 valence electrons. The highest BCUT2D eigenvalue weighted by atomic mass is 35.5.